The summed E-state index contributed by atoms with van der Waals surface area (Å²) in [5.41, 5.74) is 0.188. The van der Waals surface area contributed by atoms with Gasteiger partial charge < -0.3 is 0 Å². The first kappa shape index (κ1) is 16.0. The highest BCUT2D eigenvalue weighted by Gasteiger charge is 2.28. The van der Waals surface area contributed by atoms with Gasteiger partial charge in [0.05, 0.1) is 10.5 Å². The third-order valence-corrected chi connectivity index (χ3v) is 5.70. The average molecular weight is 298 g/mol. The Kier molecular flexibility index (Phi) is 5.85. The lowest BCUT2D eigenvalue weighted by Crippen LogP contribution is -2.38. The second-order valence-electron chi connectivity index (χ2n) is 4.15. The van der Waals surface area contributed by atoms with Gasteiger partial charge in [-0.05, 0) is 24.8 Å². The molecule has 6 heteroatoms. The molecule has 0 aliphatic rings. The fraction of sp³-hybridized carbons (Fsp3) is 0.462. The Hall–Kier alpha value is -1.03. The van der Waals surface area contributed by atoms with Crippen molar-refractivity contribution in [3.8, 4) is 6.07 Å². The second kappa shape index (κ2) is 6.94. The van der Waals surface area contributed by atoms with Crippen molar-refractivity contribution in [2.24, 2.45) is 0 Å². The van der Waals surface area contributed by atoms with E-state index in [0.29, 0.717) is 0 Å². The van der Waals surface area contributed by atoms with E-state index in [4.69, 9.17) is 5.26 Å². The van der Waals surface area contributed by atoms with Crippen molar-refractivity contribution in [1.29, 1.82) is 5.26 Å². The van der Waals surface area contributed by atoms with Crippen LogP contribution in [0, 0.1) is 11.3 Å². The number of hydrogen-bond donors (Lipinski definition) is 0. The molecule has 0 amide bonds. The van der Waals surface area contributed by atoms with Crippen LogP contribution in [0.3, 0.4) is 0 Å². The van der Waals surface area contributed by atoms with E-state index >= 15 is 0 Å². The fourth-order valence-electron chi connectivity index (χ4n) is 1.81. The molecule has 104 valence electrons. The normalized spacial score (nSPS) is 13.2. The van der Waals surface area contributed by atoms with E-state index in [9.17, 15) is 8.42 Å². The Morgan fingerprint density at radius 3 is 2.58 bits per heavy atom. The molecule has 1 rings (SSSR count). The molecule has 0 saturated carbocycles. The standard InChI is InChI=1S/C13H18N2O2S2/c1-4-12(10-18-3)15(2)19(16,17)13-8-6-5-7-11(13)9-14/h5-8,12H,4,10H2,1-3H3. The fourth-order valence-corrected chi connectivity index (χ4v) is 4.31. The molecule has 1 aromatic carbocycles. The maximum Gasteiger partial charge on any atom is 0.244 e. The minimum atomic E-state index is -3.62. The molecule has 1 atom stereocenters. The Balaban J connectivity index is 3.20. The zero-order chi connectivity index (χ0) is 14.5. The summed E-state index contributed by atoms with van der Waals surface area (Å²) < 4.78 is 26.5. The monoisotopic (exact) mass is 298 g/mol. The summed E-state index contributed by atoms with van der Waals surface area (Å²) in [6, 6.07) is 8.18. The van der Waals surface area contributed by atoms with E-state index in [2.05, 4.69) is 0 Å². The number of sulfonamides is 1. The first-order valence-electron chi connectivity index (χ1n) is 5.95. The Morgan fingerprint density at radius 2 is 2.05 bits per heavy atom. The first-order valence-corrected chi connectivity index (χ1v) is 8.78. The van der Waals surface area contributed by atoms with Crippen molar-refractivity contribution in [2.75, 3.05) is 19.1 Å². The third-order valence-electron chi connectivity index (χ3n) is 3.01. The highest BCUT2D eigenvalue weighted by molar-refractivity contribution is 7.98. The van der Waals surface area contributed by atoms with E-state index in [-0.39, 0.29) is 16.5 Å². The van der Waals surface area contributed by atoms with Gasteiger partial charge in [0, 0.05) is 18.8 Å². The van der Waals surface area contributed by atoms with Gasteiger partial charge in [-0.15, -0.1) is 0 Å². The van der Waals surface area contributed by atoms with Crippen LogP contribution in [0.5, 0.6) is 0 Å². The van der Waals surface area contributed by atoms with Gasteiger partial charge in [-0.1, -0.05) is 19.1 Å². The summed E-state index contributed by atoms with van der Waals surface area (Å²) in [5, 5.41) is 9.03. The highest BCUT2D eigenvalue weighted by Crippen LogP contribution is 2.22. The summed E-state index contributed by atoms with van der Waals surface area (Å²) in [7, 11) is -2.04. The molecule has 4 nitrogen and oxygen atoms in total. The molecule has 0 aliphatic carbocycles. The number of nitriles is 1. The quantitative estimate of drug-likeness (QED) is 0.808. The van der Waals surface area contributed by atoms with Gasteiger partial charge in [0.2, 0.25) is 10.0 Å². The van der Waals surface area contributed by atoms with Gasteiger partial charge in [-0.25, -0.2) is 8.42 Å². The zero-order valence-electron chi connectivity index (χ0n) is 11.3. The summed E-state index contributed by atoms with van der Waals surface area (Å²) in [4.78, 5) is 0.0829. The van der Waals surface area contributed by atoms with Crippen LogP contribution in [0.4, 0.5) is 0 Å². The van der Waals surface area contributed by atoms with Crippen molar-refractivity contribution in [3.63, 3.8) is 0 Å². The average Bonchev–Trinajstić information content (AvgIpc) is 2.43. The Bertz CT molecular complexity index is 564. The Labute approximate surface area is 119 Å². The van der Waals surface area contributed by atoms with Gasteiger partial charge in [0.1, 0.15) is 6.07 Å². The van der Waals surface area contributed by atoms with E-state index in [1.165, 1.54) is 16.4 Å². The van der Waals surface area contributed by atoms with Crippen LogP contribution in [0.1, 0.15) is 18.9 Å². The van der Waals surface area contributed by atoms with Crippen LogP contribution in [0.25, 0.3) is 0 Å². The SMILES string of the molecule is CCC(CSC)N(C)S(=O)(=O)c1ccccc1C#N. The number of thioether (sulfide) groups is 1. The summed E-state index contributed by atoms with van der Waals surface area (Å²) in [6.07, 6.45) is 2.69. The molecule has 1 unspecified atom stereocenters. The van der Waals surface area contributed by atoms with Gasteiger partial charge in [0.15, 0.2) is 0 Å². The lowest BCUT2D eigenvalue weighted by atomic mass is 10.2. The lowest BCUT2D eigenvalue weighted by molar-refractivity contribution is 0.385. The number of hydrogen-bond acceptors (Lipinski definition) is 4. The highest BCUT2D eigenvalue weighted by atomic mass is 32.2. The maximum atomic E-state index is 12.6. The van der Waals surface area contributed by atoms with Crippen LogP contribution in [0.2, 0.25) is 0 Å². The van der Waals surface area contributed by atoms with Crippen molar-refractivity contribution in [1.82, 2.24) is 4.31 Å². The van der Waals surface area contributed by atoms with Crippen molar-refractivity contribution < 1.29 is 8.42 Å². The summed E-state index contributed by atoms with van der Waals surface area (Å²) in [5.74, 6) is 0.737. The van der Waals surface area contributed by atoms with Gasteiger partial charge in [-0.2, -0.15) is 21.3 Å². The molecule has 0 bridgehead atoms. The van der Waals surface area contributed by atoms with Crippen LogP contribution in [0.15, 0.2) is 29.2 Å². The van der Waals surface area contributed by atoms with E-state index in [1.807, 2.05) is 19.2 Å². The minimum Gasteiger partial charge on any atom is -0.207 e. The van der Waals surface area contributed by atoms with Crippen LogP contribution in [-0.2, 0) is 10.0 Å². The first-order chi connectivity index (χ1) is 8.98. The van der Waals surface area contributed by atoms with E-state index in [1.54, 1.807) is 30.9 Å². The van der Waals surface area contributed by atoms with Gasteiger partial charge in [-0.3, -0.25) is 0 Å². The summed E-state index contributed by atoms with van der Waals surface area (Å²) >= 11 is 1.61. The second-order valence-corrected chi connectivity index (χ2v) is 7.02. The Morgan fingerprint density at radius 1 is 1.42 bits per heavy atom. The van der Waals surface area contributed by atoms with Crippen LogP contribution in [-0.4, -0.2) is 37.8 Å². The summed E-state index contributed by atoms with van der Waals surface area (Å²) in [6.45, 7) is 1.96. The minimum absolute atomic E-state index is 0.0632. The number of nitrogens with zero attached hydrogens (tertiary/aromatic N) is 2. The lowest BCUT2D eigenvalue weighted by Gasteiger charge is -2.26. The molecule has 0 spiro atoms. The van der Waals surface area contributed by atoms with Gasteiger partial charge >= 0.3 is 0 Å². The molecular formula is C13H18N2O2S2. The van der Waals surface area contributed by atoms with Gasteiger partial charge in [0.25, 0.3) is 0 Å². The molecule has 0 aliphatic heterocycles. The van der Waals surface area contributed by atoms with Crippen LogP contribution >= 0.6 is 11.8 Å². The molecule has 0 heterocycles. The molecule has 1 aromatic rings. The largest absolute Gasteiger partial charge is 0.244 e. The van der Waals surface area contributed by atoms with E-state index < -0.39 is 10.0 Å². The van der Waals surface area contributed by atoms with Crippen LogP contribution < -0.4 is 0 Å². The maximum absolute atomic E-state index is 12.6. The number of rotatable bonds is 6. The molecule has 0 fully saturated rings. The van der Waals surface area contributed by atoms with Crippen molar-refractivity contribution in [3.05, 3.63) is 29.8 Å². The molecule has 0 aromatic heterocycles. The predicted molar refractivity (Wildman–Crippen MR) is 78.6 cm³/mol. The molecule has 19 heavy (non-hydrogen) atoms. The molecule has 0 saturated heterocycles. The van der Waals surface area contributed by atoms with E-state index in [0.717, 1.165) is 12.2 Å². The molecule has 0 radical (unpaired) electrons. The molecule has 0 N–H and O–H groups in total. The number of benzene rings is 1. The third kappa shape index (κ3) is 3.50. The van der Waals surface area contributed by atoms with Crippen molar-refractivity contribution >= 4 is 21.8 Å². The smallest absolute Gasteiger partial charge is 0.207 e. The zero-order valence-corrected chi connectivity index (χ0v) is 13.0. The topological polar surface area (TPSA) is 61.2 Å². The predicted octanol–water partition coefficient (Wildman–Crippen LogP) is 2.32. The molecular weight excluding hydrogens is 280 g/mol. The van der Waals surface area contributed by atoms with Crippen molar-refractivity contribution in [2.45, 2.75) is 24.3 Å².